The number of nitrogens with one attached hydrogen (secondary N) is 1. The molecule has 0 unspecified atom stereocenters. The van der Waals surface area contributed by atoms with E-state index in [0.717, 1.165) is 22.3 Å². The number of nitrogens with two attached hydrogens (primary N) is 1. The minimum atomic E-state index is -0.752. The topological polar surface area (TPSA) is 72.2 Å². The zero-order chi connectivity index (χ0) is 23.0. The Labute approximate surface area is 190 Å². The highest BCUT2D eigenvalue weighted by atomic mass is 16.2. The van der Waals surface area contributed by atoms with Gasteiger partial charge in [0.15, 0.2) is 0 Å². The lowest BCUT2D eigenvalue weighted by Crippen LogP contribution is -2.46. The van der Waals surface area contributed by atoms with E-state index in [9.17, 15) is 9.59 Å². The van der Waals surface area contributed by atoms with Crippen LogP contribution in [0.5, 0.6) is 0 Å². The summed E-state index contributed by atoms with van der Waals surface area (Å²) >= 11 is 0. The van der Waals surface area contributed by atoms with E-state index >= 15 is 0 Å². The van der Waals surface area contributed by atoms with Gasteiger partial charge in [-0.2, -0.15) is 0 Å². The lowest BCUT2D eigenvalue weighted by Gasteiger charge is -2.36. The molecule has 164 valence electrons. The van der Waals surface area contributed by atoms with Gasteiger partial charge >= 0.3 is 0 Å². The van der Waals surface area contributed by atoms with Gasteiger partial charge in [-0.25, -0.2) is 0 Å². The first kappa shape index (κ1) is 23.0. The van der Waals surface area contributed by atoms with Crippen LogP contribution in [0.3, 0.4) is 0 Å². The molecule has 3 N–H and O–H groups in total. The summed E-state index contributed by atoms with van der Waals surface area (Å²) in [7, 11) is 0. The number of amides is 2. The highest BCUT2D eigenvalue weighted by Crippen LogP contribution is 2.42. The van der Waals surface area contributed by atoms with E-state index in [0.29, 0.717) is 6.42 Å². The van der Waals surface area contributed by atoms with E-state index in [4.69, 9.17) is 5.73 Å². The molecule has 3 aromatic rings. The van der Waals surface area contributed by atoms with Gasteiger partial charge in [0, 0.05) is 6.42 Å². The van der Waals surface area contributed by atoms with Crippen molar-refractivity contribution in [2.75, 3.05) is 0 Å². The highest BCUT2D eigenvalue weighted by molar-refractivity contribution is 5.88. The summed E-state index contributed by atoms with van der Waals surface area (Å²) in [5, 5.41) is 2.88. The van der Waals surface area contributed by atoms with Crippen LogP contribution in [-0.4, -0.2) is 17.9 Å². The fraction of sp³-hybridized carbons (Fsp3) is 0.214. The summed E-state index contributed by atoms with van der Waals surface area (Å²) in [5.41, 5.74) is 8.96. The zero-order valence-electron chi connectivity index (χ0n) is 18.6. The number of benzene rings is 3. The molecule has 0 saturated heterocycles. The number of rotatable bonds is 9. The van der Waals surface area contributed by atoms with Crippen molar-refractivity contribution in [3.63, 3.8) is 0 Å². The van der Waals surface area contributed by atoms with Crippen molar-refractivity contribution in [1.82, 2.24) is 5.32 Å². The Kier molecular flexibility index (Phi) is 7.61. The molecule has 0 saturated carbocycles. The minimum Gasteiger partial charge on any atom is -0.368 e. The fourth-order valence-corrected chi connectivity index (χ4v) is 4.06. The van der Waals surface area contributed by atoms with E-state index in [1.807, 2.05) is 111 Å². The minimum absolute atomic E-state index is 0.143. The molecule has 3 rings (SSSR count). The third-order valence-corrected chi connectivity index (χ3v) is 5.67. The molecule has 0 heterocycles. The van der Waals surface area contributed by atoms with Crippen LogP contribution in [0.2, 0.25) is 0 Å². The van der Waals surface area contributed by atoms with Crippen LogP contribution in [0.4, 0.5) is 0 Å². The number of primary amides is 1. The number of hydrogen-bond acceptors (Lipinski definition) is 2. The molecular formula is C28H30N2O2. The van der Waals surface area contributed by atoms with Gasteiger partial charge in [-0.1, -0.05) is 103 Å². The summed E-state index contributed by atoms with van der Waals surface area (Å²) in [5.74, 6) is -0.770. The summed E-state index contributed by atoms with van der Waals surface area (Å²) in [4.78, 5) is 25.4. The van der Waals surface area contributed by atoms with E-state index < -0.39 is 17.4 Å². The summed E-state index contributed by atoms with van der Waals surface area (Å²) in [6, 6.07) is 29.3. The van der Waals surface area contributed by atoms with Crippen molar-refractivity contribution in [2.24, 2.45) is 5.73 Å². The molecule has 32 heavy (non-hydrogen) atoms. The first-order valence-electron chi connectivity index (χ1n) is 10.8. The Balaban J connectivity index is 2.08. The SMILES string of the molecule is CC(C)=CC[C@H](NC(=O)CC(c1ccccc1)(c1ccccc1)c1ccccc1)C(N)=O. The Morgan fingerprint density at radius 1 is 0.812 bits per heavy atom. The molecule has 0 fully saturated rings. The molecule has 0 bridgehead atoms. The smallest absolute Gasteiger partial charge is 0.240 e. The average Bonchev–Trinajstić information content (AvgIpc) is 2.81. The van der Waals surface area contributed by atoms with Crippen LogP contribution in [0.25, 0.3) is 0 Å². The summed E-state index contributed by atoms with van der Waals surface area (Å²) in [6.07, 6.45) is 2.43. The monoisotopic (exact) mass is 426 g/mol. The maximum absolute atomic E-state index is 13.4. The third-order valence-electron chi connectivity index (χ3n) is 5.67. The third kappa shape index (κ3) is 5.33. The summed E-state index contributed by atoms with van der Waals surface area (Å²) < 4.78 is 0. The average molecular weight is 427 g/mol. The Hall–Kier alpha value is -3.66. The molecule has 1 atom stereocenters. The van der Waals surface area contributed by atoms with Crippen molar-refractivity contribution in [2.45, 2.75) is 38.1 Å². The number of hydrogen-bond donors (Lipinski definition) is 2. The quantitative estimate of drug-likeness (QED) is 0.383. The molecule has 0 aliphatic rings. The second kappa shape index (κ2) is 10.6. The second-order valence-corrected chi connectivity index (χ2v) is 8.22. The summed E-state index contributed by atoms with van der Waals surface area (Å²) in [6.45, 7) is 3.90. The number of carbonyl (C=O) groups is 2. The predicted octanol–water partition coefficient (Wildman–Crippen LogP) is 4.74. The first-order valence-corrected chi connectivity index (χ1v) is 10.8. The van der Waals surface area contributed by atoms with Crippen LogP contribution in [0.1, 0.15) is 43.4 Å². The standard InChI is InChI=1S/C28H30N2O2/c1-21(2)18-19-25(27(29)32)30-26(31)20-28(22-12-6-3-7-13-22,23-14-8-4-9-15-23)24-16-10-5-11-17-24/h3-18,25H,19-20H2,1-2H3,(H2,29,32)(H,30,31)/t25-/m0/s1. The van der Waals surface area contributed by atoms with E-state index in [1.165, 1.54) is 0 Å². The molecular weight excluding hydrogens is 396 g/mol. The van der Waals surface area contributed by atoms with E-state index in [-0.39, 0.29) is 12.3 Å². The first-order chi connectivity index (χ1) is 15.4. The molecule has 4 heteroatoms. The van der Waals surface area contributed by atoms with Gasteiger partial charge < -0.3 is 11.1 Å². The molecule has 4 nitrogen and oxygen atoms in total. The Morgan fingerprint density at radius 2 is 1.22 bits per heavy atom. The maximum atomic E-state index is 13.4. The number of allylic oxidation sites excluding steroid dienone is 1. The number of carbonyl (C=O) groups excluding carboxylic acids is 2. The van der Waals surface area contributed by atoms with Crippen molar-refractivity contribution in [3.05, 3.63) is 119 Å². The van der Waals surface area contributed by atoms with Crippen molar-refractivity contribution < 1.29 is 9.59 Å². The predicted molar refractivity (Wildman–Crippen MR) is 129 cm³/mol. The largest absolute Gasteiger partial charge is 0.368 e. The van der Waals surface area contributed by atoms with Crippen LogP contribution in [0.15, 0.2) is 103 Å². The normalized spacial score (nSPS) is 11.9. The van der Waals surface area contributed by atoms with Crippen LogP contribution in [0, 0.1) is 0 Å². The van der Waals surface area contributed by atoms with Gasteiger partial charge in [0.25, 0.3) is 0 Å². The molecule has 0 aromatic heterocycles. The highest BCUT2D eigenvalue weighted by Gasteiger charge is 2.39. The maximum Gasteiger partial charge on any atom is 0.240 e. The Bertz CT molecular complexity index is 960. The zero-order valence-corrected chi connectivity index (χ0v) is 18.6. The van der Waals surface area contributed by atoms with E-state index in [2.05, 4.69) is 5.32 Å². The second-order valence-electron chi connectivity index (χ2n) is 8.22. The van der Waals surface area contributed by atoms with Crippen molar-refractivity contribution >= 4 is 11.8 Å². The fourth-order valence-electron chi connectivity index (χ4n) is 4.06. The van der Waals surface area contributed by atoms with Crippen LogP contribution < -0.4 is 11.1 Å². The van der Waals surface area contributed by atoms with Crippen molar-refractivity contribution in [3.8, 4) is 0 Å². The molecule has 3 aromatic carbocycles. The van der Waals surface area contributed by atoms with Gasteiger partial charge in [-0.3, -0.25) is 9.59 Å². The molecule has 2 amide bonds. The van der Waals surface area contributed by atoms with E-state index in [1.54, 1.807) is 0 Å². The molecule has 0 spiro atoms. The molecule has 0 aliphatic carbocycles. The van der Waals surface area contributed by atoms with Gasteiger partial charge in [-0.05, 0) is 37.0 Å². The van der Waals surface area contributed by atoms with Crippen LogP contribution in [-0.2, 0) is 15.0 Å². The lowest BCUT2D eigenvalue weighted by molar-refractivity contribution is -0.127. The Morgan fingerprint density at radius 3 is 1.56 bits per heavy atom. The lowest BCUT2D eigenvalue weighted by atomic mass is 9.67. The van der Waals surface area contributed by atoms with Gasteiger partial charge in [-0.15, -0.1) is 0 Å². The van der Waals surface area contributed by atoms with Crippen molar-refractivity contribution in [1.29, 1.82) is 0 Å². The molecule has 0 aliphatic heterocycles. The van der Waals surface area contributed by atoms with Crippen LogP contribution >= 0.6 is 0 Å². The van der Waals surface area contributed by atoms with Gasteiger partial charge in [0.1, 0.15) is 6.04 Å². The molecule has 0 radical (unpaired) electrons. The van der Waals surface area contributed by atoms with Gasteiger partial charge in [0.05, 0.1) is 5.41 Å². The van der Waals surface area contributed by atoms with Gasteiger partial charge in [0.2, 0.25) is 11.8 Å².